The molecule has 0 saturated carbocycles. The number of carbonyl (C=O) groups excluding carboxylic acids is 2. The summed E-state index contributed by atoms with van der Waals surface area (Å²) in [6, 6.07) is 1.89. The predicted octanol–water partition coefficient (Wildman–Crippen LogP) is 1.02. The molecule has 0 aliphatic carbocycles. The van der Waals surface area contributed by atoms with Crippen molar-refractivity contribution >= 4 is 11.8 Å². The minimum absolute atomic E-state index is 0.0224. The number of pyridine rings is 1. The first-order chi connectivity index (χ1) is 8.96. The van der Waals surface area contributed by atoms with E-state index in [1.165, 1.54) is 0 Å². The van der Waals surface area contributed by atoms with Crippen molar-refractivity contribution in [2.75, 3.05) is 6.54 Å². The van der Waals surface area contributed by atoms with Gasteiger partial charge >= 0.3 is 0 Å². The molecule has 0 bridgehead atoms. The maximum Gasteiger partial charge on any atom is 0.248 e. The van der Waals surface area contributed by atoms with Crippen LogP contribution >= 0.6 is 0 Å². The number of hydrogen-bond acceptors (Lipinski definition) is 3. The number of piperazine rings is 1. The van der Waals surface area contributed by atoms with E-state index < -0.39 is 5.54 Å². The summed E-state index contributed by atoms with van der Waals surface area (Å²) in [5.41, 5.74) is 1.27. The van der Waals surface area contributed by atoms with E-state index in [1.54, 1.807) is 24.2 Å². The second-order valence-electron chi connectivity index (χ2n) is 5.20. The Kier molecular flexibility index (Phi) is 3.55. The third-order valence-electron chi connectivity index (χ3n) is 3.71. The van der Waals surface area contributed by atoms with Crippen molar-refractivity contribution in [2.45, 2.75) is 39.3 Å². The van der Waals surface area contributed by atoms with Crippen molar-refractivity contribution in [2.24, 2.45) is 0 Å². The van der Waals surface area contributed by atoms with Crippen molar-refractivity contribution < 1.29 is 9.59 Å². The molecule has 2 amide bonds. The Bertz CT molecular complexity index is 515. The lowest BCUT2D eigenvalue weighted by Gasteiger charge is -2.39. The fraction of sp³-hybridized carbons (Fsp3) is 0.500. The standard InChI is InChI=1S/C14H19N3O2/c1-4-14(3)13(19)17(9-12(18)16-14)8-11-5-6-15-7-10(11)2/h5-7H,4,8-9H2,1-3H3,(H,16,18). The van der Waals surface area contributed by atoms with Crippen LogP contribution in [0.1, 0.15) is 31.4 Å². The van der Waals surface area contributed by atoms with Crippen LogP contribution in [0.15, 0.2) is 18.5 Å². The lowest BCUT2D eigenvalue weighted by Crippen LogP contribution is -2.64. The molecule has 0 spiro atoms. The Balaban J connectivity index is 2.22. The highest BCUT2D eigenvalue weighted by atomic mass is 16.2. The van der Waals surface area contributed by atoms with E-state index in [0.717, 1.165) is 11.1 Å². The fourth-order valence-corrected chi connectivity index (χ4v) is 2.25. The molecule has 0 aromatic carbocycles. The number of nitrogens with zero attached hydrogens (tertiary/aromatic N) is 2. The monoisotopic (exact) mass is 261 g/mol. The highest BCUT2D eigenvalue weighted by molar-refractivity contribution is 5.97. The number of nitrogens with one attached hydrogen (secondary N) is 1. The van der Waals surface area contributed by atoms with Crippen LogP contribution in [-0.4, -0.2) is 33.8 Å². The average molecular weight is 261 g/mol. The van der Waals surface area contributed by atoms with E-state index in [-0.39, 0.29) is 18.4 Å². The van der Waals surface area contributed by atoms with Crippen LogP contribution in [0.2, 0.25) is 0 Å². The SMILES string of the molecule is CCC1(C)NC(=O)CN(Cc2ccncc2C)C1=O. The van der Waals surface area contributed by atoms with Gasteiger partial charge in [-0.2, -0.15) is 0 Å². The molecule has 19 heavy (non-hydrogen) atoms. The molecular weight excluding hydrogens is 242 g/mol. The van der Waals surface area contributed by atoms with Crippen LogP contribution in [0, 0.1) is 6.92 Å². The molecule has 1 aromatic heterocycles. The van der Waals surface area contributed by atoms with E-state index in [1.807, 2.05) is 19.9 Å². The van der Waals surface area contributed by atoms with Gasteiger partial charge < -0.3 is 10.2 Å². The van der Waals surface area contributed by atoms with Gasteiger partial charge in [-0.15, -0.1) is 0 Å². The molecule has 1 aliphatic rings. The van der Waals surface area contributed by atoms with Gasteiger partial charge in [0.05, 0.1) is 6.54 Å². The zero-order chi connectivity index (χ0) is 14.0. The minimum atomic E-state index is -0.781. The first-order valence-corrected chi connectivity index (χ1v) is 6.46. The largest absolute Gasteiger partial charge is 0.340 e. The maximum atomic E-state index is 12.4. The molecule has 1 atom stereocenters. The molecular formula is C14H19N3O2. The molecule has 0 radical (unpaired) electrons. The molecule has 1 saturated heterocycles. The van der Waals surface area contributed by atoms with Crippen LogP contribution in [0.4, 0.5) is 0 Å². The number of hydrogen-bond donors (Lipinski definition) is 1. The highest BCUT2D eigenvalue weighted by Gasteiger charge is 2.41. The van der Waals surface area contributed by atoms with Gasteiger partial charge in [0.1, 0.15) is 5.54 Å². The molecule has 5 heteroatoms. The quantitative estimate of drug-likeness (QED) is 0.883. The van der Waals surface area contributed by atoms with Gasteiger partial charge in [-0.1, -0.05) is 6.92 Å². The molecule has 2 heterocycles. The van der Waals surface area contributed by atoms with Gasteiger partial charge in [0.2, 0.25) is 11.8 Å². The van der Waals surface area contributed by atoms with Gasteiger partial charge in [0.15, 0.2) is 0 Å². The Morgan fingerprint density at radius 2 is 2.21 bits per heavy atom. The summed E-state index contributed by atoms with van der Waals surface area (Å²) in [5.74, 6) is -0.124. The van der Waals surface area contributed by atoms with Gasteiger partial charge in [-0.25, -0.2) is 0 Å². The summed E-state index contributed by atoms with van der Waals surface area (Å²) in [5, 5.41) is 2.78. The summed E-state index contributed by atoms with van der Waals surface area (Å²) in [6.07, 6.45) is 4.06. The summed E-state index contributed by atoms with van der Waals surface area (Å²) in [7, 11) is 0. The third kappa shape index (κ3) is 2.59. The van der Waals surface area contributed by atoms with Gasteiger partial charge in [-0.05, 0) is 37.5 Å². The van der Waals surface area contributed by atoms with Gasteiger partial charge in [0, 0.05) is 18.9 Å². The second kappa shape index (κ2) is 4.99. The molecule has 1 fully saturated rings. The lowest BCUT2D eigenvalue weighted by molar-refractivity contribution is -0.149. The Morgan fingerprint density at radius 1 is 1.47 bits per heavy atom. The first kappa shape index (κ1) is 13.5. The van der Waals surface area contributed by atoms with Crippen molar-refractivity contribution in [3.05, 3.63) is 29.6 Å². The fourth-order valence-electron chi connectivity index (χ4n) is 2.25. The predicted molar refractivity (Wildman–Crippen MR) is 71.2 cm³/mol. The van der Waals surface area contributed by atoms with Crippen LogP contribution in [0.3, 0.4) is 0 Å². The Morgan fingerprint density at radius 3 is 2.84 bits per heavy atom. The molecule has 102 valence electrons. The average Bonchev–Trinajstić information content (AvgIpc) is 2.38. The topological polar surface area (TPSA) is 62.3 Å². The summed E-state index contributed by atoms with van der Waals surface area (Å²) in [6.45, 7) is 6.21. The third-order valence-corrected chi connectivity index (χ3v) is 3.71. The van der Waals surface area contributed by atoms with Gasteiger partial charge in [0.25, 0.3) is 0 Å². The normalized spacial score (nSPS) is 23.4. The van der Waals surface area contributed by atoms with E-state index in [2.05, 4.69) is 10.3 Å². The van der Waals surface area contributed by atoms with E-state index in [9.17, 15) is 9.59 Å². The molecule has 1 unspecified atom stereocenters. The Hall–Kier alpha value is -1.91. The number of aryl methyl sites for hydroxylation is 1. The van der Waals surface area contributed by atoms with Crippen molar-refractivity contribution in [3.63, 3.8) is 0 Å². The summed E-state index contributed by atoms with van der Waals surface area (Å²) < 4.78 is 0. The second-order valence-corrected chi connectivity index (χ2v) is 5.20. The smallest absolute Gasteiger partial charge is 0.248 e. The first-order valence-electron chi connectivity index (χ1n) is 6.46. The molecule has 5 nitrogen and oxygen atoms in total. The van der Waals surface area contributed by atoms with Crippen molar-refractivity contribution in [1.29, 1.82) is 0 Å². The molecule has 2 rings (SSSR count). The van der Waals surface area contributed by atoms with Crippen LogP contribution in [-0.2, 0) is 16.1 Å². The van der Waals surface area contributed by atoms with E-state index in [4.69, 9.17) is 0 Å². The summed E-state index contributed by atoms with van der Waals surface area (Å²) in [4.78, 5) is 29.8. The number of rotatable bonds is 3. The van der Waals surface area contributed by atoms with Crippen LogP contribution < -0.4 is 5.32 Å². The van der Waals surface area contributed by atoms with Gasteiger partial charge in [-0.3, -0.25) is 14.6 Å². The number of carbonyl (C=O) groups is 2. The maximum absolute atomic E-state index is 12.4. The number of aromatic nitrogens is 1. The van der Waals surface area contributed by atoms with Crippen LogP contribution in [0.5, 0.6) is 0 Å². The van der Waals surface area contributed by atoms with Crippen LogP contribution in [0.25, 0.3) is 0 Å². The molecule has 1 aromatic rings. The Labute approximate surface area is 113 Å². The molecule has 1 aliphatic heterocycles. The summed E-state index contributed by atoms with van der Waals surface area (Å²) >= 11 is 0. The molecule has 1 N–H and O–H groups in total. The number of amides is 2. The van der Waals surface area contributed by atoms with E-state index in [0.29, 0.717) is 13.0 Å². The lowest BCUT2D eigenvalue weighted by atomic mass is 9.94. The van der Waals surface area contributed by atoms with E-state index >= 15 is 0 Å². The highest BCUT2D eigenvalue weighted by Crippen LogP contribution is 2.20. The van der Waals surface area contributed by atoms with Crippen molar-refractivity contribution in [1.82, 2.24) is 15.2 Å². The van der Waals surface area contributed by atoms with Crippen molar-refractivity contribution in [3.8, 4) is 0 Å². The zero-order valence-corrected chi connectivity index (χ0v) is 11.6. The zero-order valence-electron chi connectivity index (χ0n) is 11.6. The minimum Gasteiger partial charge on any atom is -0.340 e.